The van der Waals surface area contributed by atoms with Crippen LogP contribution in [0.25, 0.3) is 0 Å². The van der Waals surface area contributed by atoms with E-state index in [2.05, 4.69) is 5.32 Å². The Morgan fingerprint density at radius 2 is 1.45 bits per heavy atom. The molecule has 1 saturated heterocycles. The van der Waals surface area contributed by atoms with Crippen LogP contribution in [0.5, 0.6) is 0 Å². The second-order valence-corrected chi connectivity index (χ2v) is 7.08. The first kappa shape index (κ1) is 27.2. The van der Waals surface area contributed by atoms with E-state index < -0.39 is 71.1 Å². The van der Waals surface area contributed by atoms with Gasteiger partial charge in [0.25, 0.3) is 5.91 Å². The van der Waals surface area contributed by atoms with Crippen LogP contribution in [-0.2, 0) is 18.9 Å². The maximum Gasteiger partial charge on any atom is 0.257 e. The number of nitrogens with one attached hydrogen (secondary N) is 1. The van der Waals surface area contributed by atoms with E-state index in [9.17, 15) is 37.7 Å². The van der Waals surface area contributed by atoms with E-state index in [0.717, 1.165) is 0 Å². The molecule has 0 bridgehead atoms. The summed E-state index contributed by atoms with van der Waals surface area (Å²) in [7, 11) is 0. The number of anilines is 1. The van der Waals surface area contributed by atoms with Gasteiger partial charge in [0.1, 0.15) is 29.6 Å². The Hall–Kier alpha value is -2.07. The molecular weight excluding hydrogens is 460 g/mol. The van der Waals surface area contributed by atoms with E-state index in [0.29, 0.717) is 0 Å². The van der Waals surface area contributed by atoms with Crippen molar-refractivity contribution in [1.29, 1.82) is 0 Å². The lowest BCUT2D eigenvalue weighted by Crippen LogP contribution is -2.57. The number of aliphatic hydroxyl groups excluding tert-OH is 3. The lowest BCUT2D eigenvalue weighted by atomic mass is 10.0. The largest absolute Gasteiger partial charge is 0.394 e. The first-order valence-corrected chi connectivity index (χ1v) is 9.94. The maximum absolute atomic E-state index is 13.7. The SMILES string of the molecule is C[C@@H]1OC(OCCOCCOCCNC(=O)c2c(F)c(F)c(N)c(F)c2F)[C@@H](O)C(O)C1O. The zero-order valence-electron chi connectivity index (χ0n) is 17.6. The lowest BCUT2D eigenvalue weighted by molar-refractivity contribution is -0.294. The van der Waals surface area contributed by atoms with Gasteiger partial charge in [0.2, 0.25) is 0 Å². The summed E-state index contributed by atoms with van der Waals surface area (Å²) in [6, 6.07) is 0. The molecule has 33 heavy (non-hydrogen) atoms. The summed E-state index contributed by atoms with van der Waals surface area (Å²) in [5.74, 6) is -8.88. The van der Waals surface area contributed by atoms with Gasteiger partial charge in [-0.05, 0) is 6.92 Å². The summed E-state index contributed by atoms with van der Waals surface area (Å²) in [5.41, 5.74) is 2.09. The summed E-state index contributed by atoms with van der Waals surface area (Å²) >= 11 is 0. The van der Waals surface area contributed by atoms with Crippen molar-refractivity contribution in [2.75, 3.05) is 45.3 Å². The van der Waals surface area contributed by atoms with Crippen molar-refractivity contribution in [2.45, 2.75) is 37.6 Å². The number of aliphatic hydroxyl groups is 3. The molecule has 1 heterocycles. The molecule has 0 saturated carbocycles. The normalized spacial score (nSPS) is 25.3. The highest BCUT2D eigenvalue weighted by Crippen LogP contribution is 2.25. The molecule has 0 spiro atoms. The molecule has 6 N–H and O–H groups in total. The second kappa shape index (κ2) is 12.4. The average Bonchev–Trinajstić information content (AvgIpc) is 2.79. The summed E-state index contributed by atoms with van der Waals surface area (Å²) in [6.07, 6.45) is -5.91. The highest BCUT2D eigenvalue weighted by atomic mass is 19.2. The predicted octanol–water partition coefficient (Wildman–Crippen LogP) is -0.568. The highest BCUT2D eigenvalue weighted by Gasteiger charge is 2.42. The Balaban J connectivity index is 1.58. The van der Waals surface area contributed by atoms with E-state index in [4.69, 9.17) is 24.7 Å². The van der Waals surface area contributed by atoms with Gasteiger partial charge < -0.3 is 45.3 Å². The van der Waals surface area contributed by atoms with Gasteiger partial charge in [0.05, 0.1) is 39.1 Å². The Bertz CT molecular complexity index is 789. The molecule has 1 fully saturated rings. The summed E-state index contributed by atoms with van der Waals surface area (Å²) in [5, 5.41) is 31.1. The van der Waals surface area contributed by atoms with Gasteiger partial charge >= 0.3 is 0 Å². The molecule has 0 aliphatic carbocycles. The Morgan fingerprint density at radius 1 is 0.909 bits per heavy atom. The van der Waals surface area contributed by atoms with Gasteiger partial charge in [0, 0.05) is 6.54 Å². The minimum atomic E-state index is -1.90. The summed E-state index contributed by atoms with van der Waals surface area (Å²) in [6.45, 7) is 1.51. The highest BCUT2D eigenvalue weighted by molar-refractivity contribution is 5.95. The summed E-state index contributed by atoms with van der Waals surface area (Å²) < 4.78 is 75.1. The molecule has 14 heteroatoms. The van der Waals surface area contributed by atoms with E-state index in [-0.39, 0.29) is 39.6 Å². The fourth-order valence-corrected chi connectivity index (χ4v) is 2.87. The van der Waals surface area contributed by atoms with Crippen molar-refractivity contribution < 1.29 is 56.6 Å². The maximum atomic E-state index is 13.7. The van der Waals surface area contributed by atoms with E-state index >= 15 is 0 Å². The van der Waals surface area contributed by atoms with Gasteiger partial charge in [0.15, 0.2) is 29.6 Å². The predicted molar refractivity (Wildman–Crippen MR) is 103 cm³/mol. The number of carbonyl (C=O) groups excluding carboxylic acids is 1. The average molecular weight is 486 g/mol. The number of ether oxygens (including phenoxy) is 4. The van der Waals surface area contributed by atoms with Crippen LogP contribution in [0, 0.1) is 23.3 Å². The van der Waals surface area contributed by atoms with Crippen LogP contribution in [0.4, 0.5) is 23.2 Å². The van der Waals surface area contributed by atoms with Crippen molar-refractivity contribution in [3.8, 4) is 0 Å². The van der Waals surface area contributed by atoms with Gasteiger partial charge in [-0.15, -0.1) is 0 Å². The van der Waals surface area contributed by atoms with Gasteiger partial charge in [-0.2, -0.15) is 0 Å². The van der Waals surface area contributed by atoms with Crippen molar-refractivity contribution in [1.82, 2.24) is 5.32 Å². The van der Waals surface area contributed by atoms with E-state index in [1.165, 1.54) is 6.92 Å². The smallest absolute Gasteiger partial charge is 0.257 e. The fourth-order valence-electron chi connectivity index (χ4n) is 2.87. The number of halogens is 4. The van der Waals surface area contributed by atoms with Crippen LogP contribution in [0.1, 0.15) is 17.3 Å². The lowest BCUT2D eigenvalue weighted by Gasteiger charge is -2.38. The molecule has 0 aromatic heterocycles. The first-order valence-electron chi connectivity index (χ1n) is 9.94. The first-order chi connectivity index (χ1) is 15.6. The number of amides is 1. The van der Waals surface area contributed by atoms with Gasteiger partial charge in [-0.1, -0.05) is 0 Å². The number of rotatable bonds is 11. The molecule has 1 amide bonds. The molecule has 10 nitrogen and oxygen atoms in total. The van der Waals surface area contributed by atoms with Gasteiger partial charge in [-0.25, -0.2) is 17.6 Å². The Morgan fingerprint density at radius 3 is 2.06 bits per heavy atom. The zero-order chi connectivity index (χ0) is 24.7. The monoisotopic (exact) mass is 486 g/mol. The van der Waals surface area contributed by atoms with Crippen molar-refractivity contribution >= 4 is 11.6 Å². The quantitative estimate of drug-likeness (QED) is 0.120. The van der Waals surface area contributed by atoms with Gasteiger partial charge in [-0.3, -0.25) is 4.79 Å². The van der Waals surface area contributed by atoms with Crippen LogP contribution in [-0.4, -0.2) is 91.5 Å². The molecular formula is C19H26F4N2O8. The van der Waals surface area contributed by atoms with Crippen molar-refractivity contribution in [3.05, 3.63) is 28.8 Å². The Kier molecular flexibility index (Phi) is 10.2. The third kappa shape index (κ3) is 6.72. The zero-order valence-corrected chi connectivity index (χ0v) is 17.6. The Labute approximate surface area is 186 Å². The van der Waals surface area contributed by atoms with Crippen LogP contribution >= 0.6 is 0 Å². The van der Waals surface area contributed by atoms with Crippen molar-refractivity contribution in [3.63, 3.8) is 0 Å². The fraction of sp³-hybridized carbons (Fsp3) is 0.632. The summed E-state index contributed by atoms with van der Waals surface area (Å²) in [4.78, 5) is 11.8. The molecule has 1 aliphatic rings. The van der Waals surface area contributed by atoms with E-state index in [1.54, 1.807) is 0 Å². The molecule has 5 atom stereocenters. The molecule has 3 unspecified atom stereocenters. The third-order valence-electron chi connectivity index (χ3n) is 4.75. The number of hydrogen-bond donors (Lipinski definition) is 5. The molecule has 0 radical (unpaired) electrons. The van der Waals surface area contributed by atoms with Crippen LogP contribution in [0.3, 0.4) is 0 Å². The second-order valence-electron chi connectivity index (χ2n) is 7.08. The van der Waals surface area contributed by atoms with Crippen LogP contribution in [0.15, 0.2) is 0 Å². The molecule has 2 rings (SSSR count). The standard InChI is InChI=1S/C19H26F4N2O8/c1-8-15(26)16(27)17(28)19(33-8)32-7-6-31-5-4-30-3-2-25-18(29)9-10(20)12(22)14(24)13(23)11(9)21/h8,15-17,19,26-28H,2-7,24H2,1H3,(H,25,29)/t8-,15?,16?,17-,19?/m0/s1. The molecule has 188 valence electrons. The van der Waals surface area contributed by atoms with Crippen LogP contribution < -0.4 is 11.1 Å². The molecule has 1 aromatic carbocycles. The number of nitrogen functional groups attached to an aromatic ring is 1. The van der Waals surface area contributed by atoms with Crippen LogP contribution in [0.2, 0.25) is 0 Å². The molecule has 1 aromatic rings. The number of carbonyl (C=O) groups is 1. The number of hydrogen-bond acceptors (Lipinski definition) is 9. The minimum absolute atomic E-state index is 0.0131. The topological polar surface area (TPSA) is 153 Å². The van der Waals surface area contributed by atoms with Crippen molar-refractivity contribution in [2.24, 2.45) is 0 Å². The number of nitrogens with two attached hydrogens (primary N) is 1. The molecule has 1 aliphatic heterocycles. The third-order valence-corrected chi connectivity index (χ3v) is 4.75. The van der Waals surface area contributed by atoms with E-state index in [1.807, 2.05) is 0 Å². The number of benzene rings is 1. The minimum Gasteiger partial charge on any atom is -0.394 e.